The first-order valence-electron chi connectivity index (χ1n) is 4.69. The molecule has 0 saturated heterocycles. The Morgan fingerprint density at radius 1 is 1.40 bits per heavy atom. The molecule has 0 spiro atoms. The molecule has 0 aliphatic rings. The first-order valence-corrected chi connectivity index (χ1v) is 6.58. The average Bonchev–Trinajstić information content (AvgIpc) is 1.93. The van der Waals surface area contributed by atoms with Gasteiger partial charge in [0.15, 0.2) is 0 Å². The van der Waals surface area contributed by atoms with Crippen molar-refractivity contribution < 1.29 is 18.3 Å². The molecule has 0 amide bonds. The first-order chi connectivity index (χ1) is 6.52. The Hall–Kier alpha value is -0.620. The van der Waals surface area contributed by atoms with E-state index in [1.165, 1.54) is 0 Å². The molecular weight excluding hydrogens is 218 g/mol. The van der Waals surface area contributed by atoms with E-state index in [0.717, 1.165) is 6.26 Å². The van der Waals surface area contributed by atoms with Crippen LogP contribution in [-0.4, -0.2) is 32.3 Å². The van der Waals surface area contributed by atoms with Crippen molar-refractivity contribution in [3.63, 3.8) is 0 Å². The average molecular weight is 237 g/mol. The molecule has 0 aliphatic heterocycles. The molecule has 90 valence electrons. The molecule has 1 atom stereocenters. The van der Waals surface area contributed by atoms with Crippen LogP contribution < -0.4 is 4.72 Å². The molecule has 0 aliphatic carbocycles. The number of aliphatic carboxylic acids is 1. The minimum atomic E-state index is -3.26. The van der Waals surface area contributed by atoms with Crippen LogP contribution in [0.1, 0.15) is 27.2 Å². The molecule has 0 rings (SSSR count). The normalized spacial score (nSPS) is 14.9. The minimum absolute atomic E-state index is 0.0357. The maximum absolute atomic E-state index is 10.9. The van der Waals surface area contributed by atoms with Gasteiger partial charge in [-0.15, -0.1) is 0 Å². The molecule has 0 fully saturated rings. The largest absolute Gasteiger partial charge is 0.481 e. The van der Waals surface area contributed by atoms with Gasteiger partial charge in [-0.05, 0) is 11.3 Å². The Kier molecular flexibility index (Phi) is 4.73. The Labute approximate surface area is 90.9 Å². The third kappa shape index (κ3) is 7.33. The van der Waals surface area contributed by atoms with Gasteiger partial charge in [0.1, 0.15) is 0 Å². The lowest BCUT2D eigenvalue weighted by atomic mass is 9.79. The van der Waals surface area contributed by atoms with Crippen LogP contribution in [0.3, 0.4) is 0 Å². The zero-order valence-electron chi connectivity index (χ0n) is 9.57. The van der Waals surface area contributed by atoms with E-state index in [2.05, 4.69) is 4.72 Å². The predicted molar refractivity (Wildman–Crippen MR) is 58.0 cm³/mol. The van der Waals surface area contributed by atoms with E-state index in [0.29, 0.717) is 0 Å². The highest BCUT2D eigenvalue weighted by Crippen LogP contribution is 2.28. The number of sulfonamides is 1. The molecule has 0 aromatic carbocycles. The van der Waals surface area contributed by atoms with Gasteiger partial charge in [-0.25, -0.2) is 13.1 Å². The molecule has 6 heteroatoms. The van der Waals surface area contributed by atoms with E-state index in [1.54, 1.807) is 0 Å². The van der Waals surface area contributed by atoms with Crippen LogP contribution in [0, 0.1) is 11.3 Å². The van der Waals surface area contributed by atoms with Crippen LogP contribution in [0.5, 0.6) is 0 Å². The Balaban J connectivity index is 4.47. The minimum Gasteiger partial charge on any atom is -0.481 e. The predicted octanol–water partition coefficient (Wildman–Crippen LogP) is 0.673. The van der Waals surface area contributed by atoms with Crippen molar-refractivity contribution in [2.75, 3.05) is 12.8 Å². The Morgan fingerprint density at radius 3 is 2.13 bits per heavy atom. The topological polar surface area (TPSA) is 83.5 Å². The quantitative estimate of drug-likeness (QED) is 0.736. The summed E-state index contributed by atoms with van der Waals surface area (Å²) in [6.45, 7) is 5.84. The van der Waals surface area contributed by atoms with E-state index in [4.69, 9.17) is 5.11 Å². The summed E-state index contributed by atoms with van der Waals surface area (Å²) in [6.07, 6.45) is 1.03. The van der Waals surface area contributed by atoms with Gasteiger partial charge < -0.3 is 5.11 Å². The van der Waals surface area contributed by atoms with Crippen LogP contribution in [-0.2, 0) is 14.8 Å². The first kappa shape index (κ1) is 14.4. The number of hydrogen-bond donors (Lipinski definition) is 2. The summed E-state index contributed by atoms with van der Waals surface area (Å²) in [5.41, 5.74) is -0.240. The summed E-state index contributed by atoms with van der Waals surface area (Å²) < 4.78 is 24.1. The van der Waals surface area contributed by atoms with Gasteiger partial charge in [-0.3, -0.25) is 4.79 Å². The Morgan fingerprint density at radius 2 is 1.87 bits per heavy atom. The van der Waals surface area contributed by atoms with Crippen molar-refractivity contribution in [1.82, 2.24) is 4.72 Å². The van der Waals surface area contributed by atoms with Crippen molar-refractivity contribution >= 4 is 16.0 Å². The number of rotatable bonds is 5. The summed E-state index contributed by atoms with van der Waals surface area (Å²) in [6, 6.07) is 0. The second-order valence-electron chi connectivity index (χ2n) is 4.78. The lowest BCUT2D eigenvalue weighted by Gasteiger charge is -2.29. The molecule has 0 heterocycles. The molecule has 15 heavy (non-hydrogen) atoms. The van der Waals surface area contributed by atoms with E-state index in [-0.39, 0.29) is 24.3 Å². The van der Waals surface area contributed by atoms with Gasteiger partial charge in [-0.1, -0.05) is 20.8 Å². The molecule has 0 bridgehead atoms. The molecule has 2 N–H and O–H groups in total. The van der Waals surface area contributed by atoms with Crippen molar-refractivity contribution in [3.05, 3.63) is 0 Å². The number of carbonyl (C=O) groups is 1. The summed E-state index contributed by atoms with van der Waals surface area (Å²) in [5, 5.41) is 8.70. The number of hydrogen-bond acceptors (Lipinski definition) is 3. The summed E-state index contributed by atoms with van der Waals surface area (Å²) in [7, 11) is -3.26. The second kappa shape index (κ2) is 4.94. The molecule has 5 nitrogen and oxygen atoms in total. The van der Waals surface area contributed by atoms with Crippen molar-refractivity contribution in [2.24, 2.45) is 11.3 Å². The van der Waals surface area contributed by atoms with Crippen molar-refractivity contribution in [1.29, 1.82) is 0 Å². The van der Waals surface area contributed by atoms with Crippen LogP contribution in [0.4, 0.5) is 0 Å². The van der Waals surface area contributed by atoms with Gasteiger partial charge in [-0.2, -0.15) is 0 Å². The summed E-state index contributed by atoms with van der Waals surface area (Å²) in [4.78, 5) is 10.6. The van der Waals surface area contributed by atoms with Crippen LogP contribution >= 0.6 is 0 Å². The van der Waals surface area contributed by atoms with Gasteiger partial charge in [0.05, 0.1) is 6.26 Å². The van der Waals surface area contributed by atoms with E-state index in [1.807, 2.05) is 20.8 Å². The van der Waals surface area contributed by atoms with Crippen LogP contribution in [0.15, 0.2) is 0 Å². The number of carboxylic acids is 1. The van der Waals surface area contributed by atoms with E-state index < -0.39 is 16.0 Å². The highest BCUT2D eigenvalue weighted by molar-refractivity contribution is 7.88. The highest BCUT2D eigenvalue weighted by atomic mass is 32.2. The molecule has 1 unspecified atom stereocenters. The van der Waals surface area contributed by atoms with E-state index >= 15 is 0 Å². The SMILES string of the molecule is CC(C)(C)C(CNS(C)(=O)=O)CC(=O)O. The number of nitrogens with one attached hydrogen (secondary N) is 1. The molecular formula is C9H19NO4S. The molecule has 0 aromatic heterocycles. The fourth-order valence-corrected chi connectivity index (χ4v) is 1.65. The molecule has 0 saturated carbocycles. The fraction of sp³-hybridized carbons (Fsp3) is 0.889. The fourth-order valence-electron chi connectivity index (χ4n) is 1.15. The van der Waals surface area contributed by atoms with Crippen LogP contribution in [0.25, 0.3) is 0 Å². The van der Waals surface area contributed by atoms with E-state index in [9.17, 15) is 13.2 Å². The third-order valence-corrected chi connectivity index (χ3v) is 2.93. The lowest BCUT2D eigenvalue weighted by Crippen LogP contribution is -2.36. The zero-order chi connectivity index (χ0) is 12.3. The maximum Gasteiger partial charge on any atom is 0.303 e. The van der Waals surface area contributed by atoms with Gasteiger partial charge in [0.25, 0.3) is 0 Å². The Bertz CT molecular complexity index is 315. The highest BCUT2D eigenvalue weighted by Gasteiger charge is 2.27. The molecule has 0 radical (unpaired) electrons. The standard InChI is InChI=1S/C9H19NO4S/c1-9(2,3)7(5-8(11)12)6-10-15(4,13)14/h7,10H,5-6H2,1-4H3,(H,11,12). The number of carboxylic acid groups (broad SMARTS) is 1. The van der Waals surface area contributed by atoms with Crippen molar-refractivity contribution in [3.8, 4) is 0 Å². The monoisotopic (exact) mass is 237 g/mol. The maximum atomic E-state index is 10.9. The third-order valence-electron chi connectivity index (χ3n) is 2.24. The van der Waals surface area contributed by atoms with Crippen molar-refractivity contribution in [2.45, 2.75) is 27.2 Å². The summed E-state index contributed by atoms with van der Waals surface area (Å²) in [5.74, 6) is -1.13. The summed E-state index contributed by atoms with van der Waals surface area (Å²) >= 11 is 0. The zero-order valence-corrected chi connectivity index (χ0v) is 10.4. The smallest absolute Gasteiger partial charge is 0.303 e. The molecule has 0 aromatic rings. The second-order valence-corrected chi connectivity index (χ2v) is 6.61. The van der Waals surface area contributed by atoms with Crippen LogP contribution in [0.2, 0.25) is 0 Å². The van der Waals surface area contributed by atoms with Gasteiger partial charge in [0, 0.05) is 13.0 Å². The lowest BCUT2D eigenvalue weighted by molar-refractivity contribution is -0.139. The van der Waals surface area contributed by atoms with Gasteiger partial charge >= 0.3 is 5.97 Å². The van der Waals surface area contributed by atoms with Gasteiger partial charge in [0.2, 0.25) is 10.0 Å².